The van der Waals surface area contributed by atoms with Crippen LogP contribution in [0.15, 0.2) is 24.3 Å². The molecule has 0 radical (unpaired) electrons. The third-order valence-corrected chi connectivity index (χ3v) is 3.06. The topological polar surface area (TPSA) is 34.9 Å². The van der Waals surface area contributed by atoms with E-state index in [1.54, 1.807) is 22.9 Å². The number of carbonyl (C=O) groups is 1. The lowest BCUT2D eigenvalue weighted by Crippen LogP contribution is -2.07. The van der Waals surface area contributed by atoms with Crippen molar-refractivity contribution in [3.05, 3.63) is 51.3 Å². The van der Waals surface area contributed by atoms with Crippen LogP contribution in [0.5, 0.6) is 0 Å². The largest absolute Gasteiger partial charge is 0.294 e. The van der Waals surface area contributed by atoms with Gasteiger partial charge in [0.2, 0.25) is 0 Å². The first kappa shape index (κ1) is 13.1. The highest BCUT2D eigenvalue weighted by atomic mass is 35.5. The molecule has 1 aromatic heterocycles. The molecule has 2 rings (SSSR count). The van der Waals surface area contributed by atoms with Crippen molar-refractivity contribution >= 4 is 29.0 Å². The Labute approximate surface area is 115 Å². The molecule has 0 saturated carbocycles. The van der Waals surface area contributed by atoms with Gasteiger partial charge in [-0.05, 0) is 31.2 Å². The SMILES string of the molecule is Cc1cc(CC(=O)c2cc(Cl)cc(Cl)c2)n(C)n1. The molecule has 0 saturated heterocycles. The summed E-state index contributed by atoms with van der Waals surface area (Å²) >= 11 is 11.8. The van der Waals surface area contributed by atoms with Crippen LogP contribution in [-0.4, -0.2) is 15.6 Å². The number of aryl methyl sites for hydroxylation is 2. The van der Waals surface area contributed by atoms with E-state index in [0.717, 1.165) is 11.4 Å². The molecular weight excluding hydrogens is 271 g/mol. The normalized spacial score (nSPS) is 10.7. The number of hydrogen-bond donors (Lipinski definition) is 0. The number of rotatable bonds is 3. The van der Waals surface area contributed by atoms with Crippen LogP contribution < -0.4 is 0 Å². The average Bonchev–Trinajstić information content (AvgIpc) is 2.56. The van der Waals surface area contributed by atoms with Crippen LogP contribution in [-0.2, 0) is 13.5 Å². The Morgan fingerprint density at radius 1 is 1.22 bits per heavy atom. The fraction of sp³-hybridized carbons (Fsp3) is 0.231. The number of benzene rings is 1. The average molecular weight is 283 g/mol. The molecule has 0 unspecified atom stereocenters. The highest BCUT2D eigenvalue weighted by molar-refractivity contribution is 6.35. The number of aromatic nitrogens is 2. The van der Waals surface area contributed by atoms with E-state index >= 15 is 0 Å². The molecule has 0 amide bonds. The number of hydrogen-bond acceptors (Lipinski definition) is 2. The number of Topliss-reactive ketones (excluding diaryl/α,β-unsaturated/α-hetero) is 1. The van der Waals surface area contributed by atoms with Gasteiger partial charge >= 0.3 is 0 Å². The van der Waals surface area contributed by atoms with Crippen molar-refractivity contribution in [3.8, 4) is 0 Å². The zero-order valence-electron chi connectivity index (χ0n) is 10.1. The third-order valence-electron chi connectivity index (χ3n) is 2.63. The fourth-order valence-corrected chi connectivity index (χ4v) is 2.34. The van der Waals surface area contributed by atoms with E-state index in [-0.39, 0.29) is 12.2 Å². The van der Waals surface area contributed by atoms with E-state index in [0.29, 0.717) is 15.6 Å². The van der Waals surface area contributed by atoms with E-state index in [2.05, 4.69) is 5.10 Å². The van der Waals surface area contributed by atoms with E-state index in [9.17, 15) is 4.79 Å². The second-order valence-electron chi connectivity index (χ2n) is 4.16. The Hall–Kier alpha value is -1.32. The highest BCUT2D eigenvalue weighted by Gasteiger charge is 2.12. The van der Waals surface area contributed by atoms with Crippen LogP contribution in [0.4, 0.5) is 0 Å². The standard InChI is InChI=1S/C13H12Cl2N2O/c1-8-3-12(17(2)16-8)7-13(18)9-4-10(14)6-11(15)5-9/h3-6H,7H2,1-2H3. The van der Waals surface area contributed by atoms with Gasteiger partial charge in [0, 0.05) is 28.4 Å². The quantitative estimate of drug-likeness (QED) is 0.808. The number of ketones is 1. The maximum atomic E-state index is 12.1. The van der Waals surface area contributed by atoms with Crippen molar-refractivity contribution in [2.75, 3.05) is 0 Å². The summed E-state index contributed by atoms with van der Waals surface area (Å²) in [6.45, 7) is 1.89. The van der Waals surface area contributed by atoms with Gasteiger partial charge in [0.05, 0.1) is 12.1 Å². The predicted molar refractivity (Wildman–Crippen MR) is 72.4 cm³/mol. The van der Waals surface area contributed by atoms with Gasteiger partial charge in [0.25, 0.3) is 0 Å². The minimum Gasteiger partial charge on any atom is -0.294 e. The Morgan fingerprint density at radius 3 is 2.33 bits per heavy atom. The zero-order valence-corrected chi connectivity index (χ0v) is 11.6. The second-order valence-corrected chi connectivity index (χ2v) is 5.03. The van der Waals surface area contributed by atoms with Gasteiger partial charge in [-0.2, -0.15) is 5.10 Å². The Morgan fingerprint density at radius 2 is 1.83 bits per heavy atom. The molecule has 0 fully saturated rings. The maximum absolute atomic E-state index is 12.1. The first-order valence-electron chi connectivity index (χ1n) is 5.44. The first-order valence-corrected chi connectivity index (χ1v) is 6.20. The highest BCUT2D eigenvalue weighted by Crippen LogP contribution is 2.20. The van der Waals surface area contributed by atoms with Gasteiger partial charge in [-0.3, -0.25) is 9.48 Å². The Balaban J connectivity index is 2.24. The number of nitrogens with zero attached hydrogens (tertiary/aromatic N) is 2. The summed E-state index contributed by atoms with van der Waals surface area (Å²) in [5, 5.41) is 5.13. The van der Waals surface area contributed by atoms with Gasteiger partial charge < -0.3 is 0 Å². The maximum Gasteiger partial charge on any atom is 0.168 e. The van der Waals surface area contributed by atoms with Crippen molar-refractivity contribution in [2.45, 2.75) is 13.3 Å². The molecule has 0 spiro atoms. The lowest BCUT2D eigenvalue weighted by atomic mass is 10.1. The van der Waals surface area contributed by atoms with Crippen LogP contribution in [0.3, 0.4) is 0 Å². The van der Waals surface area contributed by atoms with E-state index in [1.807, 2.05) is 20.0 Å². The summed E-state index contributed by atoms with van der Waals surface area (Å²) in [7, 11) is 1.82. The Kier molecular flexibility index (Phi) is 3.73. The number of carbonyl (C=O) groups excluding carboxylic acids is 1. The van der Waals surface area contributed by atoms with Crippen molar-refractivity contribution in [1.29, 1.82) is 0 Å². The van der Waals surface area contributed by atoms with E-state index in [1.165, 1.54) is 0 Å². The first-order chi connectivity index (χ1) is 8.45. The molecule has 1 aromatic carbocycles. The van der Waals surface area contributed by atoms with Crippen LogP contribution in [0.25, 0.3) is 0 Å². The van der Waals surface area contributed by atoms with Crippen molar-refractivity contribution in [1.82, 2.24) is 9.78 Å². The minimum atomic E-state index is -0.0256. The zero-order chi connectivity index (χ0) is 13.3. The molecular formula is C13H12Cl2N2O. The minimum absolute atomic E-state index is 0.0256. The summed E-state index contributed by atoms with van der Waals surface area (Å²) in [5.74, 6) is -0.0256. The third kappa shape index (κ3) is 2.92. The van der Waals surface area contributed by atoms with Crippen molar-refractivity contribution in [2.24, 2.45) is 7.05 Å². The molecule has 2 aromatic rings. The molecule has 18 heavy (non-hydrogen) atoms. The molecule has 0 aliphatic heterocycles. The molecule has 0 aliphatic carbocycles. The van der Waals surface area contributed by atoms with Gasteiger partial charge in [0.15, 0.2) is 5.78 Å². The van der Waals surface area contributed by atoms with Crippen LogP contribution in [0, 0.1) is 6.92 Å². The van der Waals surface area contributed by atoms with Gasteiger partial charge in [-0.1, -0.05) is 23.2 Å². The predicted octanol–water partition coefficient (Wildman–Crippen LogP) is 3.46. The molecule has 0 atom stereocenters. The van der Waals surface area contributed by atoms with Gasteiger partial charge in [-0.15, -0.1) is 0 Å². The molecule has 3 nitrogen and oxygen atoms in total. The summed E-state index contributed by atoms with van der Waals surface area (Å²) in [6, 6.07) is 6.75. The van der Waals surface area contributed by atoms with E-state index < -0.39 is 0 Å². The molecule has 0 bridgehead atoms. The molecule has 1 heterocycles. The van der Waals surface area contributed by atoms with Gasteiger partial charge in [0.1, 0.15) is 0 Å². The van der Waals surface area contributed by atoms with Crippen molar-refractivity contribution in [3.63, 3.8) is 0 Å². The number of halogens is 2. The summed E-state index contributed by atoms with van der Waals surface area (Å²) in [5.41, 5.74) is 2.28. The molecule has 0 N–H and O–H groups in total. The summed E-state index contributed by atoms with van der Waals surface area (Å²) in [6.07, 6.45) is 0.286. The molecule has 94 valence electrons. The Bertz CT molecular complexity index is 585. The smallest absolute Gasteiger partial charge is 0.168 e. The van der Waals surface area contributed by atoms with Crippen LogP contribution in [0.2, 0.25) is 10.0 Å². The fourth-order valence-electron chi connectivity index (χ4n) is 1.81. The monoisotopic (exact) mass is 282 g/mol. The van der Waals surface area contributed by atoms with Crippen molar-refractivity contribution < 1.29 is 4.79 Å². The lowest BCUT2D eigenvalue weighted by Gasteiger charge is -2.03. The lowest BCUT2D eigenvalue weighted by molar-refractivity contribution is 0.0990. The van der Waals surface area contributed by atoms with Crippen LogP contribution >= 0.6 is 23.2 Å². The van der Waals surface area contributed by atoms with E-state index in [4.69, 9.17) is 23.2 Å². The molecule has 5 heteroatoms. The second kappa shape index (κ2) is 5.12. The summed E-state index contributed by atoms with van der Waals surface area (Å²) in [4.78, 5) is 12.1. The van der Waals surface area contributed by atoms with Crippen LogP contribution in [0.1, 0.15) is 21.7 Å². The molecule has 0 aliphatic rings. The van der Waals surface area contributed by atoms with Gasteiger partial charge in [-0.25, -0.2) is 0 Å². The summed E-state index contributed by atoms with van der Waals surface area (Å²) < 4.78 is 1.71.